The van der Waals surface area contributed by atoms with Crippen LogP contribution in [0.3, 0.4) is 0 Å². The van der Waals surface area contributed by atoms with Crippen molar-refractivity contribution in [2.24, 2.45) is 0 Å². The Bertz CT molecular complexity index is 618. The van der Waals surface area contributed by atoms with Gasteiger partial charge in [0.05, 0.1) is 23.1 Å². The lowest BCUT2D eigenvalue weighted by atomic mass is 10.3. The molecule has 0 bridgehead atoms. The number of halogens is 2. The van der Waals surface area contributed by atoms with Crippen molar-refractivity contribution in [2.45, 2.75) is 6.92 Å². The van der Waals surface area contributed by atoms with Crippen LogP contribution in [0, 0.1) is 5.82 Å². The minimum atomic E-state index is -0.681. The van der Waals surface area contributed by atoms with Crippen LogP contribution in [-0.4, -0.2) is 22.4 Å². The first kappa shape index (κ1) is 14.2. The van der Waals surface area contributed by atoms with E-state index in [4.69, 9.17) is 11.6 Å². The zero-order valence-electron chi connectivity index (χ0n) is 10.7. The maximum Gasteiger partial charge on any atom is 0.275 e. The van der Waals surface area contributed by atoms with Gasteiger partial charge in [-0.2, -0.15) is 0 Å². The normalized spacial score (nSPS) is 10.2. The number of hydrogen-bond acceptors (Lipinski definition) is 4. The molecule has 2 rings (SSSR count). The first-order chi connectivity index (χ1) is 9.61. The van der Waals surface area contributed by atoms with E-state index in [-0.39, 0.29) is 16.4 Å². The van der Waals surface area contributed by atoms with Crippen LogP contribution in [-0.2, 0) is 0 Å². The van der Waals surface area contributed by atoms with E-state index in [1.165, 1.54) is 24.5 Å². The van der Waals surface area contributed by atoms with Gasteiger partial charge in [0.2, 0.25) is 0 Å². The van der Waals surface area contributed by atoms with Gasteiger partial charge in [0.25, 0.3) is 5.91 Å². The molecule has 20 heavy (non-hydrogen) atoms. The largest absolute Gasteiger partial charge is 0.369 e. The standard InChI is InChI=1S/C13H12ClFN4O/c1-2-16-11-7-17-10(6-18-11)13(20)19-9-5-3-4-8(14)12(9)15/h3-7H,2H2,1H3,(H,16,18)(H,19,20). The van der Waals surface area contributed by atoms with E-state index < -0.39 is 11.7 Å². The van der Waals surface area contributed by atoms with Crippen molar-refractivity contribution < 1.29 is 9.18 Å². The van der Waals surface area contributed by atoms with Gasteiger partial charge < -0.3 is 10.6 Å². The summed E-state index contributed by atoms with van der Waals surface area (Å²) in [5.74, 6) is -0.667. The molecule has 0 atom stereocenters. The molecule has 1 amide bonds. The molecule has 0 spiro atoms. The Morgan fingerprint density at radius 3 is 2.80 bits per heavy atom. The lowest BCUT2D eigenvalue weighted by Crippen LogP contribution is -2.15. The van der Waals surface area contributed by atoms with E-state index in [2.05, 4.69) is 20.6 Å². The van der Waals surface area contributed by atoms with Crippen LogP contribution >= 0.6 is 11.6 Å². The Labute approximate surface area is 120 Å². The number of nitrogens with zero attached hydrogens (tertiary/aromatic N) is 2. The van der Waals surface area contributed by atoms with E-state index in [1.54, 1.807) is 6.07 Å². The molecule has 0 aliphatic rings. The minimum Gasteiger partial charge on any atom is -0.369 e. The lowest BCUT2D eigenvalue weighted by molar-refractivity contribution is 0.102. The highest BCUT2D eigenvalue weighted by Crippen LogP contribution is 2.22. The molecule has 2 N–H and O–H groups in total. The van der Waals surface area contributed by atoms with Crippen molar-refractivity contribution in [3.63, 3.8) is 0 Å². The molecule has 5 nitrogen and oxygen atoms in total. The molecule has 0 fully saturated rings. The van der Waals surface area contributed by atoms with Crippen LogP contribution in [0.5, 0.6) is 0 Å². The third kappa shape index (κ3) is 3.21. The number of rotatable bonds is 4. The molecular formula is C13H12ClFN4O. The van der Waals surface area contributed by atoms with Gasteiger partial charge in [0.15, 0.2) is 5.82 Å². The number of nitrogens with one attached hydrogen (secondary N) is 2. The van der Waals surface area contributed by atoms with E-state index >= 15 is 0 Å². The summed E-state index contributed by atoms with van der Waals surface area (Å²) in [6, 6.07) is 4.36. The molecule has 2 aromatic rings. The molecule has 0 saturated carbocycles. The summed E-state index contributed by atoms with van der Waals surface area (Å²) >= 11 is 5.64. The molecule has 0 unspecified atom stereocenters. The van der Waals surface area contributed by atoms with Crippen molar-refractivity contribution in [3.05, 3.63) is 47.1 Å². The van der Waals surface area contributed by atoms with Crippen molar-refractivity contribution >= 4 is 29.0 Å². The van der Waals surface area contributed by atoms with E-state index in [0.29, 0.717) is 12.4 Å². The van der Waals surface area contributed by atoms with Crippen LogP contribution in [0.2, 0.25) is 5.02 Å². The van der Waals surface area contributed by atoms with Crippen LogP contribution in [0.15, 0.2) is 30.6 Å². The van der Waals surface area contributed by atoms with Gasteiger partial charge in [-0.05, 0) is 19.1 Å². The Hall–Kier alpha value is -2.21. The number of carbonyl (C=O) groups is 1. The van der Waals surface area contributed by atoms with Crippen molar-refractivity contribution in [2.75, 3.05) is 17.2 Å². The number of amides is 1. The van der Waals surface area contributed by atoms with E-state index in [0.717, 1.165) is 0 Å². The topological polar surface area (TPSA) is 66.9 Å². The predicted octanol–water partition coefficient (Wildman–Crippen LogP) is 2.95. The van der Waals surface area contributed by atoms with Crippen molar-refractivity contribution in [1.82, 2.24) is 9.97 Å². The highest BCUT2D eigenvalue weighted by molar-refractivity contribution is 6.31. The van der Waals surface area contributed by atoms with E-state index in [9.17, 15) is 9.18 Å². The number of aromatic nitrogens is 2. The minimum absolute atomic E-state index is 0.0000553. The quantitative estimate of drug-likeness (QED) is 0.910. The summed E-state index contributed by atoms with van der Waals surface area (Å²) in [6.45, 7) is 2.62. The van der Waals surface area contributed by atoms with Crippen LogP contribution in [0.4, 0.5) is 15.9 Å². The molecular weight excluding hydrogens is 283 g/mol. The van der Waals surface area contributed by atoms with Gasteiger partial charge in [-0.1, -0.05) is 17.7 Å². The van der Waals surface area contributed by atoms with Crippen LogP contribution < -0.4 is 10.6 Å². The summed E-state index contributed by atoms with van der Waals surface area (Å²) in [6.07, 6.45) is 2.75. The fourth-order valence-corrected chi connectivity index (χ4v) is 1.68. The van der Waals surface area contributed by atoms with Gasteiger partial charge in [-0.15, -0.1) is 0 Å². The zero-order chi connectivity index (χ0) is 14.5. The van der Waals surface area contributed by atoms with Gasteiger partial charge >= 0.3 is 0 Å². The molecule has 1 heterocycles. The fraction of sp³-hybridized carbons (Fsp3) is 0.154. The summed E-state index contributed by atoms with van der Waals surface area (Å²) in [4.78, 5) is 19.9. The molecule has 104 valence electrons. The fourth-order valence-electron chi connectivity index (χ4n) is 1.50. The number of anilines is 2. The first-order valence-electron chi connectivity index (χ1n) is 5.93. The second-order valence-electron chi connectivity index (χ2n) is 3.87. The Kier molecular flexibility index (Phi) is 4.47. The number of hydrogen-bond donors (Lipinski definition) is 2. The lowest BCUT2D eigenvalue weighted by Gasteiger charge is -2.07. The first-order valence-corrected chi connectivity index (χ1v) is 6.31. The van der Waals surface area contributed by atoms with Crippen molar-refractivity contribution in [3.8, 4) is 0 Å². The average molecular weight is 295 g/mol. The average Bonchev–Trinajstić information content (AvgIpc) is 2.45. The molecule has 0 radical (unpaired) electrons. The van der Waals surface area contributed by atoms with Crippen LogP contribution in [0.1, 0.15) is 17.4 Å². The van der Waals surface area contributed by atoms with Gasteiger partial charge in [0, 0.05) is 6.54 Å². The number of carbonyl (C=O) groups excluding carboxylic acids is 1. The summed E-state index contributed by atoms with van der Waals surface area (Å²) < 4.78 is 13.6. The van der Waals surface area contributed by atoms with E-state index in [1.807, 2.05) is 6.92 Å². The monoisotopic (exact) mass is 294 g/mol. The Balaban J connectivity index is 2.13. The van der Waals surface area contributed by atoms with Gasteiger partial charge in [0.1, 0.15) is 11.5 Å². The number of benzene rings is 1. The molecule has 0 saturated heterocycles. The SMILES string of the molecule is CCNc1cnc(C(=O)Nc2cccc(Cl)c2F)cn1. The summed E-state index contributed by atoms with van der Waals surface area (Å²) in [5, 5.41) is 5.30. The molecule has 0 aliphatic heterocycles. The van der Waals surface area contributed by atoms with Crippen molar-refractivity contribution in [1.29, 1.82) is 0 Å². The third-order valence-corrected chi connectivity index (χ3v) is 2.73. The maximum atomic E-state index is 13.6. The van der Waals surface area contributed by atoms with Gasteiger partial charge in [-0.25, -0.2) is 14.4 Å². The molecule has 1 aromatic carbocycles. The molecule has 1 aromatic heterocycles. The second-order valence-corrected chi connectivity index (χ2v) is 4.28. The molecule has 0 aliphatic carbocycles. The van der Waals surface area contributed by atoms with Gasteiger partial charge in [-0.3, -0.25) is 4.79 Å². The van der Waals surface area contributed by atoms with Crippen LogP contribution in [0.25, 0.3) is 0 Å². The summed E-state index contributed by atoms with van der Waals surface area (Å²) in [5.41, 5.74) is 0.0890. The smallest absolute Gasteiger partial charge is 0.275 e. The maximum absolute atomic E-state index is 13.6. The third-order valence-electron chi connectivity index (χ3n) is 2.44. The Morgan fingerprint density at radius 2 is 2.15 bits per heavy atom. The Morgan fingerprint density at radius 1 is 1.35 bits per heavy atom. The highest BCUT2D eigenvalue weighted by atomic mass is 35.5. The second kappa shape index (κ2) is 6.29. The highest BCUT2D eigenvalue weighted by Gasteiger charge is 2.12. The zero-order valence-corrected chi connectivity index (χ0v) is 11.4. The predicted molar refractivity (Wildman–Crippen MR) is 75.6 cm³/mol. The summed E-state index contributed by atoms with van der Waals surface area (Å²) in [7, 11) is 0. The molecule has 7 heteroatoms.